The predicted molar refractivity (Wildman–Crippen MR) is 55.7 cm³/mol. The van der Waals surface area contributed by atoms with Crippen LogP contribution < -0.4 is 5.32 Å². The number of carboxylic acids is 1. The molecule has 0 aromatic rings. The van der Waals surface area contributed by atoms with E-state index in [2.05, 4.69) is 5.32 Å². The summed E-state index contributed by atoms with van der Waals surface area (Å²) >= 11 is 0. The zero-order valence-corrected chi connectivity index (χ0v) is 9.23. The van der Waals surface area contributed by atoms with Crippen LogP contribution in [-0.4, -0.2) is 47.4 Å². The highest BCUT2D eigenvalue weighted by Gasteiger charge is 2.30. The number of amides is 2. The lowest BCUT2D eigenvalue weighted by molar-refractivity contribution is -0.148. The van der Waals surface area contributed by atoms with E-state index in [9.17, 15) is 14.4 Å². The summed E-state index contributed by atoms with van der Waals surface area (Å²) in [6.45, 7) is 0.477. The average molecular weight is 228 g/mol. The van der Waals surface area contributed by atoms with Crippen molar-refractivity contribution in [2.75, 3.05) is 13.6 Å². The Labute approximate surface area is 93.6 Å². The Morgan fingerprint density at radius 2 is 2.25 bits per heavy atom. The minimum absolute atomic E-state index is 0.0860. The van der Waals surface area contributed by atoms with Gasteiger partial charge in [0.1, 0.15) is 0 Å². The molecule has 6 heteroatoms. The van der Waals surface area contributed by atoms with Gasteiger partial charge in [0.2, 0.25) is 11.8 Å². The summed E-state index contributed by atoms with van der Waals surface area (Å²) in [6.07, 6.45) is 1.42. The van der Waals surface area contributed by atoms with E-state index in [0.29, 0.717) is 25.8 Å². The fourth-order valence-corrected chi connectivity index (χ4v) is 1.62. The van der Waals surface area contributed by atoms with Crippen molar-refractivity contribution in [3.8, 4) is 0 Å². The Morgan fingerprint density at radius 1 is 1.56 bits per heavy atom. The molecule has 1 heterocycles. The molecular weight excluding hydrogens is 212 g/mol. The van der Waals surface area contributed by atoms with Gasteiger partial charge in [0.05, 0.1) is 6.04 Å². The SMILES string of the molecule is CN1C(=O)CCC(NCCCC(=O)O)C1=O. The van der Waals surface area contributed by atoms with Gasteiger partial charge in [0.15, 0.2) is 0 Å². The van der Waals surface area contributed by atoms with Crippen LogP contribution in [0.1, 0.15) is 25.7 Å². The first-order valence-electron chi connectivity index (χ1n) is 5.28. The molecule has 1 atom stereocenters. The number of hydrogen-bond acceptors (Lipinski definition) is 4. The Balaban J connectivity index is 2.29. The van der Waals surface area contributed by atoms with Gasteiger partial charge in [-0.05, 0) is 19.4 Å². The van der Waals surface area contributed by atoms with Crippen molar-refractivity contribution in [3.63, 3.8) is 0 Å². The van der Waals surface area contributed by atoms with Crippen molar-refractivity contribution in [1.29, 1.82) is 0 Å². The molecule has 0 saturated carbocycles. The number of rotatable bonds is 5. The summed E-state index contributed by atoms with van der Waals surface area (Å²) in [5.74, 6) is -1.23. The smallest absolute Gasteiger partial charge is 0.303 e. The van der Waals surface area contributed by atoms with Gasteiger partial charge in [-0.25, -0.2) is 0 Å². The first kappa shape index (κ1) is 12.6. The second kappa shape index (κ2) is 5.60. The van der Waals surface area contributed by atoms with Gasteiger partial charge in [0, 0.05) is 19.9 Å². The highest BCUT2D eigenvalue weighted by atomic mass is 16.4. The monoisotopic (exact) mass is 228 g/mol. The number of piperidine rings is 1. The molecule has 2 N–H and O–H groups in total. The lowest BCUT2D eigenvalue weighted by atomic mass is 10.0. The van der Waals surface area contributed by atoms with Crippen LogP contribution in [0.4, 0.5) is 0 Å². The van der Waals surface area contributed by atoms with Crippen molar-refractivity contribution in [1.82, 2.24) is 10.2 Å². The van der Waals surface area contributed by atoms with Crippen molar-refractivity contribution in [2.24, 2.45) is 0 Å². The Morgan fingerprint density at radius 3 is 2.88 bits per heavy atom. The second-order valence-corrected chi connectivity index (χ2v) is 3.83. The summed E-state index contributed by atoms with van der Waals surface area (Å²) in [4.78, 5) is 34.1. The minimum atomic E-state index is -0.843. The summed E-state index contributed by atoms with van der Waals surface area (Å²) in [5, 5.41) is 11.4. The van der Waals surface area contributed by atoms with E-state index < -0.39 is 5.97 Å². The van der Waals surface area contributed by atoms with E-state index >= 15 is 0 Å². The molecule has 1 rings (SSSR count). The van der Waals surface area contributed by atoms with Crippen LogP contribution >= 0.6 is 0 Å². The highest BCUT2D eigenvalue weighted by molar-refractivity contribution is 6.00. The van der Waals surface area contributed by atoms with Crippen molar-refractivity contribution in [3.05, 3.63) is 0 Å². The van der Waals surface area contributed by atoms with Crippen molar-refractivity contribution in [2.45, 2.75) is 31.7 Å². The largest absolute Gasteiger partial charge is 0.481 e. The lowest BCUT2D eigenvalue weighted by Gasteiger charge is -2.28. The van der Waals surface area contributed by atoms with Gasteiger partial charge in [-0.2, -0.15) is 0 Å². The van der Waals surface area contributed by atoms with Gasteiger partial charge >= 0.3 is 5.97 Å². The van der Waals surface area contributed by atoms with Crippen LogP contribution in [0.3, 0.4) is 0 Å². The van der Waals surface area contributed by atoms with Gasteiger partial charge < -0.3 is 10.4 Å². The second-order valence-electron chi connectivity index (χ2n) is 3.83. The van der Waals surface area contributed by atoms with Crippen LogP contribution in [0.2, 0.25) is 0 Å². The van der Waals surface area contributed by atoms with Crippen LogP contribution in [0, 0.1) is 0 Å². The van der Waals surface area contributed by atoms with Crippen LogP contribution in [0.15, 0.2) is 0 Å². The third-order valence-electron chi connectivity index (χ3n) is 2.61. The Hall–Kier alpha value is -1.43. The molecule has 2 amide bonds. The molecule has 0 bridgehead atoms. The fraction of sp³-hybridized carbons (Fsp3) is 0.700. The number of carbonyl (C=O) groups excluding carboxylic acids is 2. The summed E-state index contributed by atoms with van der Waals surface area (Å²) < 4.78 is 0. The van der Waals surface area contributed by atoms with E-state index in [1.165, 1.54) is 7.05 Å². The van der Waals surface area contributed by atoms with Crippen molar-refractivity contribution >= 4 is 17.8 Å². The molecule has 0 spiro atoms. The molecule has 0 aromatic heterocycles. The highest BCUT2D eigenvalue weighted by Crippen LogP contribution is 2.11. The zero-order chi connectivity index (χ0) is 12.1. The van der Waals surface area contributed by atoms with Crippen LogP contribution in [0.25, 0.3) is 0 Å². The number of carbonyl (C=O) groups is 3. The molecule has 0 aliphatic carbocycles. The number of likely N-dealkylation sites (N-methyl/N-ethyl adjacent to an activating group) is 1. The molecule has 1 unspecified atom stereocenters. The summed E-state index contributed by atoms with van der Waals surface area (Å²) in [7, 11) is 1.47. The van der Waals surface area contributed by atoms with E-state index in [-0.39, 0.29) is 24.3 Å². The first-order valence-corrected chi connectivity index (χ1v) is 5.28. The number of imide groups is 1. The zero-order valence-electron chi connectivity index (χ0n) is 9.23. The predicted octanol–water partition coefficient (Wildman–Crippen LogP) is -0.412. The molecule has 1 saturated heterocycles. The van der Waals surface area contributed by atoms with E-state index in [1.807, 2.05) is 0 Å². The third kappa shape index (κ3) is 3.30. The van der Waals surface area contributed by atoms with Gasteiger partial charge in [-0.3, -0.25) is 19.3 Å². The molecule has 1 fully saturated rings. The summed E-state index contributed by atoms with van der Waals surface area (Å²) in [6, 6.07) is -0.350. The summed E-state index contributed by atoms with van der Waals surface area (Å²) in [5.41, 5.74) is 0. The molecular formula is C10H16N2O4. The number of nitrogens with one attached hydrogen (secondary N) is 1. The van der Waals surface area contributed by atoms with E-state index in [4.69, 9.17) is 5.11 Å². The molecule has 90 valence electrons. The first-order chi connectivity index (χ1) is 7.52. The van der Waals surface area contributed by atoms with Crippen molar-refractivity contribution < 1.29 is 19.5 Å². The van der Waals surface area contributed by atoms with Gasteiger partial charge in [0.25, 0.3) is 0 Å². The maximum atomic E-state index is 11.6. The maximum Gasteiger partial charge on any atom is 0.303 e. The fourth-order valence-electron chi connectivity index (χ4n) is 1.62. The van der Waals surface area contributed by atoms with E-state index in [0.717, 1.165) is 4.90 Å². The average Bonchev–Trinajstić information content (AvgIpc) is 2.23. The van der Waals surface area contributed by atoms with Gasteiger partial charge in [-0.15, -0.1) is 0 Å². The number of aliphatic carboxylic acids is 1. The minimum Gasteiger partial charge on any atom is -0.481 e. The number of likely N-dealkylation sites (tertiary alicyclic amines) is 1. The van der Waals surface area contributed by atoms with Gasteiger partial charge in [-0.1, -0.05) is 0 Å². The molecule has 16 heavy (non-hydrogen) atoms. The lowest BCUT2D eigenvalue weighted by Crippen LogP contribution is -2.51. The van der Waals surface area contributed by atoms with Crippen LogP contribution in [-0.2, 0) is 14.4 Å². The number of carboxylic acid groups (broad SMARTS) is 1. The molecule has 0 radical (unpaired) electrons. The topological polar surface area (TPSA) is 86.7 Å². The maximum absolute atomic E-state index is 11.6. The third-order valence-corrected chi connectivity index (χ3v) is 2.61. The normalized spacial score (nSPS) is 21.3. The Bertz CT molecular complexity index is 303. The number of nitrogens with zero attached hydrogens (tertiary/aromatic N) is 1. The molecule has 0 aromatic carbocycles. The number of hydrogen-bond donors (Lipinski definition) is 2. The Kier molecular flexibility index (Phi) is 4.42. The van der Waals surface area contributed by atoms with E-state index in [1.54, 1.807) is 0 Å². The quantitative estimate of drug-likeness (QED) is 0.493. The van der Waals surface area contributed by atoms with Crippen LogP contribution in [0.5, 0.6) is 0 Å². The molecule has 1 aliphatic rings. The molecule has 6 nitrogen and oxygen atoms in total. The molecule has 1 aliphatic heterocycles. The standard InChI is InChI=1S/C10H16N2O4/c1-12-8(13)5-4-7(10(12)16)11-6-2-3-9(14)15/h7,11H,2-6H2,1H3,(H,14,15).